The molecule has 0 saturated heterocycles. The number of anilines is 1. The number of hydrazone groups is 1. The number of carbonyl (C=O) groups excluding carboxylic acids is 1. The molecule has 224 valence electrons. The van der Waals surface area contributed by atoms with E-state index in [2.05, 4.69) is 26.5 Å². The van der Waals surface area contributed by atoms with Crippen molar-refractivity contribution in [1.29, 1.82) is 0 Å². The van der Waals surface area contributed by atoms with Gasteiger partial charge in [-0.05, 0) is 70.9 Å². The van der Waals surface area contributed by atoms with E-state index in [4.69, 9.17) is 25.8 Å². The molecule has 0 aromatic heterocycles. The lowest BCUT2D eigenvalue weighted by atomic mass is 10.2. The van der Waals surface area contributed by atoms with E-state index in [1.807, 2.05) is 18.2 Å². The van der Waals surface area contributed by atoms with Crippen molar-refractivity contribution >= 4 is 55.4 Å². The summed E-state index contributed by atoms with van der Waals surface area (Å²) in [6.45, 7) is 1.79. The van der Waals surface area contributed by atoms with Gasteiger partial charge in [0.15, 0.2) is 11.5 Å². The Balaban J connectivity index is 1.52. The van der Waals surface area contributed by atoms with Crippen molar-refractivity contribution in [2.45, 2.75) is 18.4 Å². The number of carbonyl (C=O) groups is 1. The number of halogens is 2. The Morgan fingerprint density at radius 2 is 1.67 bits per heavy atom. The molecular formula is C31H29BrClN3O6S. The second kappa shape index (κ2) is 14.9. The van der Waals surface area contributed by atoms with Crippen molar-refractivity contribution in [1.82, 2.24) is 5.43 Å². The minimum Gasteiger partial charge on any atom is -0.493 e. The van der Waals surface area contributed by atoms with Crippen LogP contribution in [-0.4, -0.2) is 40.8 Å². The number of hydrogen-bond donors (Lipinski definition) is 1. The normalized spacial score (nSPS) is 11.3. The molecule has 4 rings (SSSR count). The van der Waals surface area contributed by atoms with Crippen molar-refractivity contribution in [3.8, 4) is 17.2 Å². The highest BCUT2D eigenvalue weighted by Crippen LogP contribution is 2.37. The maximum Gasteiger partial charge on any atom is 0.264 e. The Hall–Kier alpha value is -4.06. The summed E-state index contributed by atoms with van der Waals surface area (Å²) in [5.74, 6) is 0.572. The highest BCUT2D eigenvalue weighted by atomic mass is 79.9. The highest BCUT2D eigenvalue weighted by molar-refractivity contribution is 9.10. The van der Waals surface area contributed by atoms with Crippen LogP contribution in [-0.2, 0) is 21.4 Å². The molecule has 1 N–H and O–H groups in total. The lowest BCUT2D eigenvalue weighted by Crippen LogP contribution is -2.39. The molecular weight excluding hydrogens is 658 g/mol. The van der Waals surface area contributed by atoms with Crippen LogP contribution in [0.3, 0.4) is 0 Å². The summed E-state index contributed by atoms with van der Waals surface area (Å²) in [7, 11) is -2.61. The number of nitrogens with zero attached hydrogens (tertiary/aromatic N) is 2. The fraction of sp³-hybridized carbons (Fsp3) is 0.161. The van der Waals surface area contributed by atoms with E-state index >= 15 is 0 Å². The molecule has 0 heterocycles. The van der Waals surface area contributed by atoms with Crippen LogP contribution in [0.5, 0.6) is 17.2 Å². The SMILES string of the molecule is CCOc1ccccc1N(CC(=O)N/N=C/c1cc(Br)c(OCc2ccccc2Cl)c(OC)c1)S(=O)(=O)c1ccccc1. The molecule has 0 saturated carbocycles. The molecule has 0 spiro atoms. The molecule has 0 radical (unpaired) electrons. The summed E-state index contributed by atoms with van der Waals surface area (Å²) in [5.41, 5.74) is 4.05. The van der Waals surface area contributed by atoms with E-state index < -0.39 is 22.5 Å². The van der Waals surface area contributed by atoms with Crippen LogP contribution in [0.15, 0.2) is 105 Å². The van der Waals surface area contributed by atoms with Crippen LogP contribution in [0.25, 0.3) is 0 Å². The molecule has 0 unspecified atom stereocenters. The molecule has 43 heavy (non-hydrogen) atoms. The highest BCUT2D eigenvalue weighted by Gasteiger charge is 2.29. The summed E-state index contributed by atoms with van der Waals surface area (Å²) in [6, 6.07) is 25.3. The monoisotopic (exact) mass is 685 g/mol. The first-order valence-corrected chi connectivity index (χ1v) is 15.7. The molecule has 0 aliphatic carbocycles. The topological polar surface area (TPSA) is 107 Å². The predicted octanol–water partition coefficient (Wildman–Crippen LogP) is 6.43. The van der Waals surface area contributed by atoms with Crippen LogP contribution in [0.2, 0.25) is 5.02 Å². The Morgan fingerprint density at radius 1 is 0.977 bits per heavy atom. The van der Waals surface area contributed by atoms with Gasteiger partial charge in [-0.3, -0.25) is 9.10 Å². The van der Waals surface area contributed by atoms with E-state index in [-0.39, 0.29) is 17.2 Å². The first kappa shape index (κ1) is 31.9. The van der Waals surface area contributed by atoms with Gasteiger partial charge in [-0.15, -0.1) is 0 Å². The van der Waals surface area contributed by atoms with Crippen molar-refractivity contribution in [2.24, 2.45) is 5.10 Å². The molecule has 9 nitrogen and oxygen atoms in total. The van der Waals surface area contributed by atoms with E-state index in [9.17, 15) is 13.2 Å². The smallest absolute Gasteiger partial charge is 0.264 e. The fourth-order valence-electron chi connectivity index (χ4n) is 4.02. The number of amides is 1. The standard InChI is InChI=1S/C31H29BrClN3O6S/c1-3-41-28-16-10-9-15-27(28)36(43(38,39)24-12-5-4-6-13-24)20-30(37)35-34-19-22-17-25(32)31(29(18-22)40-2)42-21-23-11-7-8-14-26(23)33/h4-19H,3,20-21H2,1-2H3,(H,35,37)/b34-19+. The van der Waals surface area contributed by atoms with Gasteiger partial charge in [0.25, 0.3) is 15.9 Å². The number of sulfonamides is 1. The summed E-state index contributed by atoms with van der Waals surface area (Å²) in [6.07, 6.45) is 1.41. The molecule has 1 amide bonds. The number of rotatable bonds is 13. The predicted molar refractivity (Wildman–Crippen MR) is 171 cm³/mol. The van der Waals surface area contributed by atoms with Gasteiger partial charge in [-0.25, -0.2) is 13.8 Å². The number of nitrogens with one attached hydrogen (secondary N) is 1. The first-order valence-electron chi connectivity index (χ1n) is 13.1. The molecule has 0 fully saturated rings. The average Bonchev–Trinajstić information content (AvgIpc) is 3.01. The maximum atomic E-state index is 13.6. The zero-order valence-electron chi connectivity index (χ0n) is 23.4. The van der Waals surface area contributed by atoms with Gasteiger partial charge in [0.1, 0.15) is 18.9 Å². The molecule has 4 aromatic carbocycles. The van der Waals surface area contributed by atoms with Crippen LogP contribution in [0.1, 0.15) is 18.1 Å². The van der Waals surface area contributed by atoms with Crippen molar-refractivity contribution in [2.75, 3.05) is 24.6 Å². The average molecular weight is 687 g/mol. The minimum absolute atomic E-state index is 0.0337. The maximum absolute atomic E-state index is 13.6. The van der Waals surface area contributed by atoms with Gasteiger partial charge >= 0.3 is 0 Å². The summed E-state index contributed by atoms with van der Waals surface area (Å²) >= 11 is 9.74. The molecule has 4 aromatic rings. The van der Waals surface area contributed by atoms with E-state index in [1.54, 1.807) is 67.6 Å². The van der Waals surface area contributed by atoms with E-state index in [0.717, 1.165) is 9.87 Å². The van der Waals surface area contributed by atoms with Gasteiger partial charge in [0.05, 0.1) is 35.0 Å². The lowest BCUT2D eigenvalue weighted by Gasteiger charge is -2.25. The van der Waals surface area contributed by atoms with Gasteiger partial charge < -0.3 is 14.2 Å². The molecule has 0 aliphatic rings. The Bertz CT molecular complexity index is 1700. The summed E-state index contributed by atoms with van der Waals surface area (Å²) < 4.78 is 46.0. The molecule has 12 heteroatoms. The second-order valence-electron chi connectivity index (χ2n) is 8.93. The van der Waals surface area contributed by atoms with Gasteiger partial charge in [0, 0.05) is 10.6 Å². The van der Waals surface area contributed by atoms with Gasteiger partial charge in [-0.2, -0.15) is 5.10 Å². The van der Waals surface area contributed by atoms with Crippen LogP contribution >= 0.6 is 27.5 Å². The minimum atomic E-state index is -4.12. The number of ether oxygens (including phenoxy) is 3. The fourth-order valence-corrected chi connectivity index (χ4v) is 6.24. The third kappa shape index (κ3) is 8.07. The van der Waals surface area contributed by atoms with E-state index in [0.29, 0.717) is 38.9 Å². The van der Waals surface area contributed by atoms with Crippen LogP contribution in [0, 0.1) is 0 Å². The third-order valence-corrected chi connectivity index (χ3v) is 8.77. The Labute approximate surface area is 264 Å². The second-order valence-corrected chi connectivity index (χ2v) is 12.1. The van der Waals surface area contributed by atoms with Crippen LogP contribution in [0.4, 0.5) is 5.69 Å². The molecule has 0 aliphatic heterocycles. The number of benzene rings is 4. The Morgan fingerprint density at radius 3 is 2.40 bits per heavy atom. The lowest BCUT2D eigenvalue weighted by molar-refractivity contribution is -0.119. The number of methoxy groups -OCH3 is 1. The van der Waals surface area contributed by atoms with Crippen molar-refractivity contribution < 1.29 is 27.4 Å². The number of para-hydroxylation sites is 2. The van der Waals surface area contributed by atoms with E-state index in [1.165, 1.54) is 25.5 Å². The summed E-state index contributed by atoms with van der Waals surface area (Å²) in [5, 5.41) is 4.63. The first-order chi connectivity index (χ1) is 20.7. The van der Waals surface area contributed by atoms with Gasteiger partial charge in [-0.1, -0.05) is 60.1 Å². The van der Waals surface area contributed by atoms with Gasteiger partial charge in [0.2, 0.25) is 0 Å². The van der Waals surface area contributed by atoms with Crippen molar-refractivity contribution in [3.05, 3.63) is 112 Å². The summed E-state index contributed by atoms with van der Waals surface area (Å²) in [4.78, 5) is 13.1. The zero-order valence-corrected chi connectivity index (χ0v) is 26.5. The zero-order chi connectivity index (χ0) is 30.8. The largest absolute Gasteiger partial charge is 0.493 e. The van der Waals surface area contributed by atoms with Crippen LogP contribution < -0.4 is 23.9 Å². The quantitative estimate of drug-likeness (QED) is 0.128. The molecule has 0 atom stereocenters. The number of hydrogen-bond acceptors (Lipinski definition) is 7. The Kier molecular flexibility index (Phi) is 11.0. The third-order valence-electron chi connectivity index (χ3n) is 6.04. The van der Waals surface area contributed by atoms with Crippen molar-refractivity contribution in [3.63, 3.8) is 0 Å². The molecule has 0 bridgehead atoms.